The molecule has 0 aliphatic carbocycles. The smallest absolute Gasteiger partial charge is 0.106 e. The van der Waals surface area contributed by atoms with Gasteiger partial charge in [-0.2, -0.15) is 0 Å². The molecule has 0 atom stereocenters. The van der Waals surface area contributed by atoms with Gasteiger partial charge in [0.05, 0.1) is 0 Å². The molecule has 0 saturated heterocycles. The van der Waals surface area contributed by atoms with Crippen molar-refractivity contribution in [1.29, 1.82) is 0 Å². The van der Waals surface area contributed by atoms with Gasteiger partial charge in [0.15, 0.2) is 0 Å². The topological polar surface area (TPSA) is 0 Å². The summed E-state index contributed by atoms with van der Waals surface area (Å²) in [5.41, 5.74) is -0.746. The third-order valence-electron chi connectivity index (χ3n) is 3.70. The molecule has 0 saturated carbocycles. The fraction of sp³-hybridized carbons (Fsp3) is 1.00. The van der Waals surface area contributed by atoms with E-state index in [0.29, 0.717) is 6.42 Å². The maximum Gasteiger partial charge on any atom is 0.106 e. The molecule has 0 rings (SSSR count). The fourth-order valence-electron chi connectivity index (χ4n) is 2.63. The van der Waals surface area contributed by atoms with Gasteiger partial charge < -0.3 is 0 Å². The number of alkyl halides is 1. The lowest BCUT2D eigenvalue weighted by Gasteiger charge is -2.46. The highest BCUT2D eigenvalue weighted by molar-refractivity contribution is 4.92. The van der Waals surface area contributed by atoms with Crippen molar-refractivity contribution in [2.75, 3.05) is 0 Å². The Hall–Kier alpha value is -0.0700. The lowest BCUT2D eigenvalue weighted by molar-refractivity contribution is 0.00647. The molecule has 1 heteroatoms. The van der Waals surface area contributed by atoms with Gasteiger partial charge in [0, 0.05) is 0 Å². The third-order valence-corrected chi connectivity index (χ3v) is 3.70. The highest BCUT2D eigenvalue weighted by atomic mass is 19.1. The van der Waals surface area contributed by atoms with E-state index in [1.54, 1.807) is 13.8 Å². The Morgan fingerprint density at radius 2 is 1.21 bits per heavy atom. The molecular formula is C13H27F. The molecule has 0 aromatic rings. The van der Waals surface area contributed by atoms with Crippen molar-refractivity contribution >= 4 is 0 Å². The Bertz CT molecular complexity index is 165. The number of hydrogen-bond donors (Lipinski definition) is 0. The largest absolute Gasteiger partial charge is 0.244 e. The van der Waals surface area contributed by atoms with E-state index in [2.05, 4.69) is 34.6 Å². The van der Waals surface area contributed by atoms with Crippen LogP contribution >= 0.6 is 0 Å². The molecule has 0 fully saturated rings. The summed E-state index contributed by atoms with van der Waals surface area (Å²) in [6.07, 6.45) is 2.78. The van der Waals surface area contributed by atoms with E-state index < -0.39 is 5.67 Å². The van der Waals surface area contributed by atoms with Crippen LogP contribution in [0, 0.1) is 10.8 Å². The van der Waals surface area contributed by atoms with Crippen molar-refractivity contribution in [1.82, 2.24) is 0 Å². The first-order valence-corrected chi connectivity index (χ1v) is 5.77. The van der Waals surface area contributed by atoms with Crippen LogP contribution in [-0.4, -0.2) is 5.67 Å². The van der Waals surface area contributed by atoms with Crippen LogP contribution in [0.15, 0.2) is 0 Å². The normalized spacial score (nSPS) is 14.6. The number of hydrogen-bond acceptors (Lipinski definition) is 0. The third kappa shape index (κ3) is 3.25. The summed E-state index contributed by atoms with van der Waals surface area (Å²) < 4.78 is 13.8. The van der Waals surface area contributed by atoms with E-state index >= 15 is 0 Å². The summed E-state index contributed by atoms with van der Waals surface area (Å²) in [5, 5.41) is 0. The van der Waals surface area contributed by atoms with E-state index in [1.165, 1.54) is 0 Å². The first-order chi connectivity index (χ1) is 6.08. The molecule has 0 heterocycles. The van der Waals surface area contributed by atoms with Crippen LogP contribution < -0.4 is 0 Å². The first-order valence-electron chi connectivity index (χ1n) is 5.77. The fourth-order valence-corrected chi connectivity index (χ4v) is 2.63. The molecule has 86 valence electrons. The second-order valence-corrected chi connectivity index (χ2v) is 6.13. The van der Waals surface area contributed by atoms with Crippen LogP contribution in [0.3, 0.4) is 0 Å². The van der Waals surface area contributed by atoms with Gasteiger partial charge in [-0.15, -0.1) is 0 Å². The summed E-state index contributed by atoms with van der Waals surface area (Å²) in [6, 6.07) is 0. The van der Waals surface area contributed by atoms with E-state index in [-0.39, 0.29) is 10.8 Å². The number of rotatable bonds is 4. The lowest BCUT2D eigenvalue weighted by atomic mass is 9.59. The van der Waals surface area contributed by atoms with Gasteiger partial charge in [0.2, 0.25) is 0 Å². The summed E-state index contributed by atoms with van der Waals surface area (Å²) in [4.78, 5) is 0. The van der Waals surface area contributed by atoms with Crippen LogP contribution in [0.5, 0.6) is 0 Å². The zero-order chi connectivity index (χ0) is 11.6. The van der Waals surface area contributed by atoms with Gasteiger partial charge in [0.1, 0.15) is 5.67 Å². The molecule has 0 amide bonds. The molecule has 14 heavy (non-hydrogen) atoms. The van der Waals surface area contributed by atoms with Crippen molar-refractivity contribution < 1.29 is 4.39 Å². The maximum absolute atomic E-state index is 13.8. The summed E-state index contributed by atoms with van der Waals surface area (Å²) in [6.45, 7) is 14.4. The predicted molar refractivity (Wildman–Crippen MR) is 62.3 cm³/mol. The van der Waals surface area contributed by atoms with E-state index in [0.717, 1.165) is 12.8 Å². The van der Waals surface area contributed by atoms with Crippen molar-refractivity contribution in [3.05, 3.63) is 0 Å². The monoisotopic (exact) mass is 202 g/mol. The Morgan fingerprint density at radius 3 is 1.29 bits per heavy atom. The van der Waals surface area contributed by atoms with Crippen LogP contribution in [-0.2, 0) is 0 Å². The Balaban J connectivity index is 4.91. The van der Waals surface area contributed by atoms with Gasteiger partial charge in [0.25, 0.3) is 0 Å². The van der Waals surface area contributed by atoms with Crippen LogP contribution in [0.4, 0.5) is 4.39 Å². The van der Waals surface area contributed by atoms with Crippen molar-refractivity contribution in [2.24, 2.45) is 10.8 Å². The van der Waals surface area contributed by atoms with Crippen LogP contribution in [0.25, 0.3) is 0 Å². The molecule has 0 aromatic heterocycles. The minimum Gasteiger partial charge on any atom is -0.244 e. The van der Waals surface area contributed by atoms with Gasteiger partial charge in [-0.3, -0.25) is 0 Å². The summed E-state index contributed by atoms with van der Waals surface area (Å²) >= 11 is 0. The zero-order valence-corrected chi connectivity index (χ0v) is 11.0. The minimum absolute atomic E-state index is 0.130. The minimum atomic E-state index is -1.06. The van der Waals surface area contributed by atoms with E-state index in [4.69, 9.17) is 0 Å². The summed E-state index contributed by atoms with van der Waals surface area (Å²) in [7, 11) is 0. The lowest BCUT2D eigenvalue weighted by Crippen LogP contribution is -2.39. The molecule has 0 unspecified atom stereocenters. The standard InChI is InChI=1S/C13H27F/c1-8-13(9-2,11(3,4)5)10-12(6,7)14/h8-10H2,1-7H3. The molecule has 0 aromatic carbocycles. The Kier molecular flexibility index (Phi) is 4.18. The molecule has 0 bridgehead atoms. The van der Waals surface area contributed by atoms with Gasteiger partial charge in [-0.05, 0) is 43.9 Å². The highest BCUT2D eigenvalue weighted by Crippen LogP contribution is 2.50. The SMILES string of the molecule is CCC(CC)(CC(C)(C)F)C(C)(C)C. The second kappa shape index (κ2) is 4.20. The zero-order valence-electron chi connectivity index (χ0n) is 11.0. The van der Waals surface area contributed by atoms with Gasteiger partial charge in [-0.25, -0.2) is 4.39 Å². The number of halogens is 1. The van der Waals surface area contributed by atoms with Crippen molar-refractivity contribution in [2.45, 2.75) is 73.4 Å². The first kappa shape index (κ1) is 13.9. The average Bonchev–Trinajstić information content (AvgIpc) is 1.96. The molecule has 0 spiro atoms. The molecule has 0 nitrogen and oxygen atoms in total. The van der Waals surface area contributed by atoms with Crippen LogP contribution in [0.1, 0.15) is 67.7 Å². The van der Waals surface area contributed by atoms with Gasteiger partial charge in [-0.1, -0.05) is 34.6 Å². The van der Waals surface area contributed by atoms with Crippen molar-refractivity contribution in [3.63, 3.8) is 0 Å². The quantitative estimate of drug-likeness (QED) is 0.603. The Morgan fingerprint density at radius 1 is 0.857 bits per heavy atom. The maximum atomic E-state index is 13.8. The van der Waals surface area contributed by atoms with E-state index in [9.17, 15) is 4.39 Å². The van der Waals surface area contributed by atoms with Crippen LogP contribution in [0.2, 0.25) is 0 Å². The molecule has 0 aliphatic heterocycles. The van der Waals surface area contributed by atoms with Crippen molar-refractivity contribution in [3.8, 4) is 0 Å². The average molecular weight is 202 g/mol. The van der Waals surface area contributed by atoms with E-state index in [1.807, 2.05) is 0 Å². The summed E-state index contributed by atoms with van der Waals surface area (Å²) in [5.74, 6) is 0. The molecule has 0 radical (unpaired) electrons. The molecule has 0 aliphatic rings. The van der Waals surface area contributed by atoms with Gasteiger partial charge >= 0.3 is 0 Å². The molecular weight excluding hydrogens is 175 g/mol. The predicted octanol–water partition coefficient (Wildman–Crippen LogP) is 4.98. The Labute approximate surface area is 89.3 Å². The molecule has 0 N–H and O–H groups in total. The second-order valence-electron chi connectivity index (χ2n) is 6.13. The highest BCUT2D eigenvalue weighted by Gasteiger charge is 2.42.